The van der Waals surface area contributed by atoms with Crippen molar-refractivity contribution in [3.8, 4) is 11.5 Å². The van der Waals surface area contributed by atoms with Crippen molar-refractivity contribution in [2.24, 2.45) is 17.8 Å². The standard InChI is InChI=1S/C34H41FO3/c35-30-13-7-24(8-14-30)20-27-11-12-28-22-31(37)15-18-33(28)34(27)21-25-9-16-32(17-10-25)38-19-3-6-26-4-1-2-5-29(26)23-36/h7-10,13-18,22,26-27,29,34,36-37H,1-6,11-12,19-21,23H2. The lowest BCUT2D eigenvalue weighted by Gasteiger charge is -2.34. The molecule has 0 saturated heterocycles. The van der Waals surface area contributed by atoms with Crippen LogP contribution in [-0.2, 0) is 19.3 Å². The molecular formula is C34H41FO3. The van der Waals surface area contributed by atoms with E-state index in [1.807, 2.05) is 18.2 Å². The van der Waals surface area contributed by atoms with Crippen molar-refractivity contribution in [3.63, 3.8) is 0 Å². The number of rotatable bonds is 10. The summed E-state index contributed by atoms with van der Waals surface area (Å²) in [5, 5.41) is 19.7. The third-order valence-corrected chi connectivity index (χ3v) is 8.96. The Hall–Kier alpha value is -2.85. The minimum atomic E-state index is -0.194. The van der Waals surface area contributed by atoms with Crippen molar-refractivity contribution in [1.29, 1.82) is 0 Å². The van der Waals surface area contributed by atoms with Gasteiger partial charge in [-0.25, -0.2) is 4.39 Å². The van der Waals surface area contributed by atoms with E-state index in [0.29, 0.717) is 42.6 Å². The van der Waals surface area contributed by atoms with E-state index in [4.69, 9.17) is 4.74 Å². The third kappa shape index (κ3) is 6.77. The van der Waals surface area contributed by atoms with Gasteiger partial charge in [0.1, 0.15) is 17.3 Å². The molecule has 3 nitrogen and oxygen atoms in total. The van der Waals surface area contributed by atoms with Gasteiger partial charge in [-0.15, -0.1) is 0 Å². The molecule has 0 radical (unpaired) electrons. The molecule has 2 N–H and O–H groups in total. The Bertz CT molecular complexity index is 1160. The molecule has 1 fully saturated rings. The summed E-state index contributed by atoms with van der Waals surface area (Å²) in [7, 11) is 0. The first-order valence-electron chi connectivity index (χ1n) is 14.5. The van der Waals surface area contributed by atoms with Crippen molar-refractivity contribution in [2.75, 3.05) is 13.2 Å². The number of aliphatic hydroxyl groups excluding tert-OH is 1. The molecule has 0 bridgehead atoms. The fourth-order valence-electron chi connectivity index (χ4n) is 6.83. The Morgan fingerprint density at radius 2 is 1.50 bits per heavy atom. The zero-order chi connectivity index (χ0) is 26.3. The van der Waals surface area contributed by atoms with Crippen LogP contribution in [0.4, 0.5) is 4.39 Å². The van der Waals surface area contributed by atoms with Gasteiger partial charge in [-0.3, -0.25) is 0 Å². The second-order valence-electron chi connectivity index (χ2n) is 11.4. The molecule has 1 saturated carbocycles. The number of ether oxygens (including phenoxy) is 1. The molecule has 0 amide bonds. The monoisotopic (exact) mass is 516 g/mol. The topological polar surface area (TPSA) is 49.7 Å². The SMILES string of the molecule is OCC1CCCCC1CCCOc1ccc(CC2c3ccc(O)cc3CCC2Cc2ccc(F)cc2)cc1. The molecule has 4 unspecified atom stereocenters. The van der Waals surface area contributed by atoms with E-state index >= 15 is 0 Å². The van der Waals surface area contributed by atoms with E-state index in [0.717, 1.165) is 44.3 Å². The molecule has 0 aromatic heterocycles. The van der Waals surface area contributed by atoms with Crippen molar-refractivity contribution < 1.29 is 19.3 Å². The molecule has 2 aliphatic rings. The summed E-state index contributed by atoms with van der Waals surface area (Å²) in [5.41, 5.74) is 5.02. The maximum absolute atomic E-state index is 13.5. The van der Waals surface area contributed by atoms with Gasteiger partial charge in [-0.1, -0.05) is 49.6 Å². The van der Waals surface area contributed by atoms with E-state index in [2.05, 4.69) is 30.3 Å². The predicted octanol–water partition coefficient (Wildman–Crippen LogP) is 7.62. The predicted molar refractivity (Wildman–Crippen MR) is 150 cm³/mol. The Balaban J connectivity index is 1.21. The molecule has 0 heterocycles. The van der Waals surface area contributed by atoms with Crippen molar-refractivity contribution in [3.05, 3.63) is 94.8 Å². The summed E-state index contributed by atoms with van der Waals surface area (Å²) >= 11 is 0. The lowest BCUT2D eigenvalue weighted by Crippen LogP contribution is -2.24. The third-order valence-electron chi connectivity index (χ3n) is 8.96. The maximum Gasteiger partial charge on any atom is 0.123 e. The van der Waals surface area contributed by atoms with Gasteiger partial charge in [-0.05, 0) is 127 Å². The number of benzene rings is 3. The van der Waals surface area contributed by atoms with E-state index in [1.54, 1.807) is 18.2 Å². The van der Waals surface area contributed by atoms with Gasteiger partial charge in [-0.2, -0.15) is 0 Å². The molecule has 2 aliphatic carbocycles. The maximum atomic E-state index is 13.5. The summed E-state index contributed by atoms with van der Waals surface area (Å²) in [4.78, 5) is 0. The number of halogens is 1. The highest BCUT2D eigenvalue weighted by Crippen LogP contribution is 2.41. The first kappa shape index (κ1) is 26.7. The van der Waals surface area contributed by atoms with E-state index in [9.17, 15) is 14.6 Å². The number of aromatic hydroxyl groups is 1. The number of fused-ring (bicyclic) bond motifs is 1. The number of phenols is 1. The normalized spacial score (nSPS) is 23.1. The van der Waals surface area contributed by atoms with E-state index in [1.165, 1.54) is 47.9 Å². The fraction of sp³-hybridized carbons (Fsp3) is 0.471. The average Bonchev–Trinajstić information content (AvgIpc) is 2.94. The zero-order valence-corrected chi connectivity index (χ0v) is 22.3. The van der Waals surface area contributed by atoms with Gasteiger partial charge in [0.05, 0.1) is 6.61 Å². The van der Waals surface area contributed by atoms with Crippen LogP contribution >= 0.6 is 0 Å². The zero-order valence-electron chi connectivity index (χ0n) is 22.3. The Kier molecular flexibility index (Phi) is 9.01. The second kappa shape index (κ2) is 12.8. The smallest absolute Gasteiger partial charge is 0.123 e. The molecule has 4 atom stereocenters. The molecule has 5 rings (SSSR count). The molecular weight excluding hydrogens is 475 g/mol. The molecule has 3 aromatic rings. The first-order chi connectivity index (χ1) is 18.6. The van der Waals surface area contributed by atoms with Crippen LogP contribution in [0.15, 0.2) is 66.7 Å². The summed E-state index contributed by atoms with van der Waals surface area (Å²) < 4.78 is 19.5. The first-order valence-corrected chi connectivity index (χ1v) is 14.5. The number of hydrogen-bond acceptors (Lipinski definition) is 3. The largest absolute Gasteiger partial charge is 0.508 e. The fourth-order valence-corrected chi connectivity index (χ4v) is 6.83. The lowest BCUT2D eigenvalue weighted by molar-refractivity contribution is 0.123. The summed E-state index contributed by atoms with van der Waals surface area (Å²) in [6.45, 7) is 1.04. The van der Waals surface area contributed by atoms with Crippen LogP contribution in [-0.4, -0.2) is 23.4 Å². The molecule has 38 heavy (non-hydrogen) atoms. The summed E-state index contributed by atoms with van der Waals surface area (Å²) in [5.74, 6) is 2.96. The highest BCUT2D eigenvalue weighted by molar-refractivity contribution is 5.41. The van der Waals surface area contributed by atoms with E-state index < -0.39 is 0 Å². The lowest BCUT2D eigenvalue weighted by atomic mass is 9.70. The van der Waals surface area contributed by atoms with Crippen LogP contribution in [0.2, 0.25) is 0 Å². The van der Waals surface area contributed by atoms with Gasteiger partial charge in [0.2, 0.25) is 0 Å². The van der Waals surface area contributed by atoms with Crippen molar-refractivity contribution in [2.45, 2.75) is 70.1 Å². The van der Waals surface area contributed by atoms with Crippen molar-refractivity contribution >= 4 is 0 Å². The summed E-state index contributed by atoms with van der Waals surface area (Å²) in [6.07, 6.45) is 11.0. The minimum absolute atomic E-state index is 0.194. The average molecular weight is 517 g/mol. The molecule has 3 aromatic carbocycles. The van der Waals surface area contributed by atoms with Crippen LogP contribution in [0.1, 0.15) is 73.1 Å². The molecule has 4 heteroatoms. The highest BCUT2D eigenvalue weighted by atomic mass is 19.1. The van der Waals surface area contributed by atoms with Gasteiger partial charge >= 0.3 is 0 Å². The Labute approximate surface area is 226 Å². The number of aliphatic hydroxyl groups is 1. The minimum Gasteiger partial charge on any atom is -0.508 e. The van der Waals surface area contributed by atoms with Crippen LogP contribution in [0.5, 0.6) is 11.5 Å². The van der Waals surface area contributed by atoms with Gasteiger partial charge in [0, 0.05) is 6.61 Å². The molecule has 202 valence electrons. The molecule has 0 spiro atoms. The van der Waals surface area contributed by atoms with Crippen LogP contribution in [0, 0.1) is 23.6 Å². The summed E-state index contributed by atoms with van der Waals surface area (Å²) in [6, 6.07) is 21.3. The highest BCUT2D eigenvalue weighted by Gasteiger charge is 2.30. The molecule has 0 aliphatic heterocycles. The van der Waals surface area contributed by atoms with Gasteiger partial charge < -0.3 is 14.9 Å². The number of hydrogen-bond donors (Lipinski definition) is 2. The van der Waals surface area contributed by atoms with Crippen LogP contribution in [0.3, 0.4) is 0 Å². The quantitative estimate of drug-likeness (QED) is 0.273. The second-order valence-corrected chi connectivity index (χ2v) is 11.4. The van der Waals surface area contributed by atoms with Crippen LogP contribution in [0.25, 0.3) is 0 Å². The van der Waals surface area contributed by atoms with Crippen LogP contribution < -0.4 is 4.74 Å². The van der Waals surface area contributed by atoms with Gasteiger partial charge in [0.25, 0.3) is 0 Å². The van der Waals surface area contributed by atoms with Gasteiger partial charge in [0.15, 0.2) is 0 Å². The van der Waals surface area contributed by atoms with E-state index in [-0.39, 0.29) is 5.82 Å². The van der Waals surface area contributed by atoms with Crippen molar-refractivity contribution in [1.82, 2.24) is 0 Å². The number of phenolic OH excluding ortho intramolecular Hbond substituents is 1. The Morgan fingerprint density at radius 3 is 2.26 bits per heavy atom. The number of aryl methyl sites for hydroxylation is 1. The Morgan fingerprint density at radius 1 is 0.789 bits per heavy atom.